The van der Waals surface area contributed by atoms with E-state index in [4.69, 9.17) is 4.74 Å². The highest BCUT2D eigenvalue weighted by atomic mass is 16.5. The van der Waals surface area contributed by atoms with E-state index in [1.807, 2.05) is 12.1 Å². The topological polar surface area (TPSA) is 102 Å². The number of anilines is 1. The lowest BCUT2D eigenvalue weighted by molar-refractivity contribution is -0.125. The number of rotatable bonds is 8. The molecule has 9 nitrogen and oxygen atoms in total. The number of piperidine rings is 1. The van der Waals surface area contributed by atoms with E-state index in [-0.39, 0.29) is 11.8 Å². The fourth-order valence-corrected chi connectivity index (χ4v) is 8.31. The second-order valence-electron chi connectivity index (χ2n) is 14.0. The molecule has 3 aliphatic heterocycles. The average molecular weight is 683 g/mol. The van der Waals surface area contributed by atoms with Gasteiger partial charge in [0.2, 0.25) is 5.91 Å². The molecule has 3 heterocycles. The van der Waals surface area contributed by atoms with Crippen LogP contribution in [0, 0.1) is 0 Å². The lowest BCUT2D eigenvalue weighted by atomic mass is 9.69. The number of phenols is 1. The van der Waals surface area contributed by atoms with E-state index in [1.54, 1.807) is 18.2 Å². The number of fused-ring (bicyclic) bond motifs is 2. The van der Waals surface area contributed by atoms with Gasteiger partial charge in [-0.25, -0.2) is 0 Å². The van der Waals surface area contributed by atoms with Gasteiger partial charge in [0, 0.05) is 50.0 Å². The molecule has 4 aromatic carbocycles. The summed E-state index contributed by atoms with van der Waals surface area (Å²) in [5.74, 6) is 0.540. The second-order valence-corrected chi connectivity index (χ2v) is 14.0. The number of allylic oxidation sites excluding steroid dienone is 1. The van der Waals surface area contributed by atoms with Gasteiger partial charge in [0.05, 0.1) is 11.1 Å². The lowest BCUT2D eigenvalue weighted by Gasteiger charge is -2.36. The van der Waals surface area contributed by atoms with Gasteiger partial charge in [0.15, 0.2) is 0 Å². The Bertz CT molecular complexity index is 1990. The van der Waals surface area contributed by atoms with E-state index in [0.29, 0.717) is 47.9 Å². The van der Waals surface area contributed by atoms with Gasteiger partial charge in [-0.1, -0.05) is 55.1 Å². The van der Waals surface area contributed by atoms with Crippen molar-refractivity contribution in [1.82, 2.24) is 15.1 Å². The van der Waals surface area contributed by atoms with E-state index in [1.165, 1.54) is 22.3 Å². The number of amides is 3. The Balaban J connectivity index is 0.862. The molecule has 0 saturated carbocycles. The minimum atomic E-state index is -0.812. The number of hydrogen-bond donors (Lipinski definition) is 2. The quantitative estimate of drug-likeness (QED) is 0.225. The van der Waals surface area contributed by atoms with Crippen LogP contribution in [0.15, 0.2) is 103 Å². The molecule has 0 bridgehead atoms. The summed E-state index contributed by atoms with van der Waals surface area (Å²) in [6.45, 7) is 8.44. The standard InChI is InChI=1S/C42H42N4O5/c1-27-7-18-38(40(48)43-27)46-41(49)36-16-11-31(26-37(36)42(46)50)45-21-19-44(20-22-45)23-24-51-33-13-8-29(9-14-33)39-34(28-5-3-2-4-6-28)15-10-30-25-32(47)12-17-35(30)39/h2-6,8-9,11-14,16-17,25-26,34,38-39,47H,1,7,10,15,18-24H2,(H,43,48)/t34-,38?,39+/m1/s1. The van der Waals surface area contributed by atoms with Crippen molar-refractivity contribution in [2.75, 3.05) is 44.2 Å². The summed E-state index contributed by atoms with van der Waals surface area (Å²) in [6, 6.07) is 29.7. The Kier molecular flexibility index (Phi) is 8.82. The monoisotopic (exact) mass is 682 g/mol. The molecule has 0 spiro atoms. The van der Waals surface area contributed by atoms with E-state index in [0.717, 1.165) is 61.9 Å². The molecule has 9 heteroatoms. The highest BCUT2D eigenvalue weighted by Crippen LogP contribution is 2.47. The third-order valence-corrected chi connectivity index (χ3v) is 11.0. The minimum absolute atomic E-state index is 0.199. The van der Waals surface area contributed by atoms with Crippen LogP contribution in [0.2, 0.25) is 0 Å². The zero-order valence-corrected chi connectivity index (χ0v) is 28.6. The summed E-state index contributed by atoms with van der Waals surface area (Å²) in [4.78, 5) is 44.8. The third kappa shape index (κ3) is 6.38. The highest BCUT2D eigenvalue weighted by Gasteiger charge is 2.44. The van der Waals surface area contributed by atoms with Crippen molar-refractivity contribution in [3.8, 4) is 11.5 Å². The fourth-order valence-electron chi connectivity index (χ4n) is 8.31. The summed E-state index contributed by atoms with van der Waals surface area (Å²) in [5, 5.41) is 12.8. The predicted molar refractivity (Wildman–Crippen MR) is 195 cm³/mol. The van der Waals surface area contributed by atoms with Crippen LogP contribution < -0.4 is 15.0 Å². The molecule has 3 atom stereocenters. The molecule has 8 rings (SSSR count). The number of benzene rings is 4. The molecule has 0 radical (unpaired) electrons. The minimum Gasteiger partial charge on any atom is -0.508 e. The van der Waals surface area contributed by atoms with E-state index in [2.05, 4.69) is 82.4 Å². The number of carbonyl (C=O) groups is 3. The van der Waals surface area contributed by atoms with Gasteiger partial charge < -0.3 is 20.1 Å². The Hall–Kier alpha value is -5.41. The summed E-state index contributed by atoms with van der Waals surface area (Å²) in [6.07, 6.45) is 2.89. The number of imide groups is 1. The maximum atomic E-state index is 13.3. The number of ether oxygens (including phenoxy) is 1. The van der Waals surface area contributed by atoms with Crippen LogP contribution in [-0.2, 0) is 11.2 Å². The summed E-state index contributed by atoms with van der Waals surface area (Å²) < 4.78 is 6.21. The smallest absolute Gasteiger partial charge is 0.262 e. The highest BCUT2D eigenvalue weighted by molar-refractivity contribution is 6.23. The average Bonchev–Trinajstić information content (AvgIpc) is 3.40. The van der Waals surface area contributed by atoms with Crippen molar-refractivity contribution in [2.24, 2.45) is 0 Å². The molecule has 0 aromatic heterocycles. The summed E-state index contributed by atoms with van der Waals surface area (Å²) in [7, 11) is 0. The van der Waals surface area contributed by atoms with Crippen molar-refractivity contribution in [2.45, 2.75) is 43.6 Å². The molecular weight excluding hydrogens is 640 g/mol. The van der Waals surface area contributed by atoms with Crippen LogP contribution in [0.3, 0.4) is 0 Å². The number of piperazine rings is 1. The Morgan fingerprint density at radius 3 is 2.31 bits per heavy atom. The Labute approximate surface area is 298 Å². The maximum absolute atomic E-state index is 13.3. The molecule has 260 valence electrons. The number of hydrogen-bond acceptors (Lipinski definition) is 7. The van der Waals surface area contributed by atoms with Gasteiger partial charge in [-0.3, -0.25) is 24.2 Å². The van der Waals surface area contributed by atoms with E-state index in [9.17, 15) is 19.5 Å². The van der Waals surface area contributed by atoms with Gasteiger partial charge in [0.25, 0.3) is 11.8 Å². The van der Waals surface area contributed by atoms with Gasteiger partial charge in [0.1, 0.15) is 24.1 Å². The Morgan fingerprint density at radius 2 is 1.55 bits per heavy atom. The molecule has 1 unspecified atom stereocenters. The predicted octanol–water partition coefficient (Wildman–Crippen LogP) is 5.84. The number of carbonyl (C=O) groups excluding carboxylic acids is 3. The van der Waals surface area contributed by atoms with Crippen molar-refractivity contribution >= 4 is 23.4 Å². The first-order chi connectivity index (χ1) is 24.8. The third-order valence-electron chi connectivity index (χ3n) is 11.0. The van der Waals surface area contributed by atoms with Gasteiger partial charge >= 0.3 is 0 Å². The van der Waals surface area contributed by atoms with Crippen molar-refractivity contribution in [3.05, 3.63) is 137 Å². The molecule has 4 aromatic rings. The zero-order valence-electron chi connectivity index (χ0n) is 28.6. The maximum Gasteiger partial charge on any atom is 0.262 e. The first kappa shape index (κ1) is 32.8. The van der Waals surface area contributed by atoms with E-state index < -0.39 is 17.9 Å². The van der Waals surface area contributed by atoms with Crippen molar-refractivity contribution in [1.29, 1.82) is 0 Å². The number of nitrogens with zero attached hydrogens (tertiary/aromatic N) is 3. The zero-order chi connectivity index (χ0) is 35.1. The van der Waals surface area contributed by atoms with Crippen LogP contribution in [-0.4, -0.2) is 78.0 Å². The van der Waals surface area contributed by atoms with Gasteiger partial charge in [-0.15, -0.1) is 0 Å². The van der Waals surface area contributed by atoms with Crippen molar-refractivity contribution in [3.63, 3.8) is 0 Å². The van der Waals surface area contributed by atoms with Crippen LogP contribution in [0.4, 0.5) is 5.69 Å². The molecule has 2 saturated heterocycles. The number of aryl methyl sites for hydroxylation is 1. The molecule has 2 N–H and O–H groups in total. The lowest BCUT2D eigenvalue weighted by Crippen LogP contribution is -2.51. The van der Waals surface area contributed by atoms with Gasteiger partial charge in [-0.2, -0.15) is 0 Å². The van der Waals surface area contributed by atoms with Crippen LogP contribution >= 0.6 is 0 Å². The van der Waals surface area contributed by atoms with Gasteiger partial charge in [-0.05, 0) is 96.3 Å². The summed E-state index contributed by atoms with van der Waals surface area (Å²) in [5.41, 5.74) is 7.31. The SMILES string of the molecule is C=C1CCC(N2C(=O)c3ccc(N4CCN(CCOc5ccc([C@@H]6c7ccc(O)cc7CC[C@@H]6c6ccccc6)cc5)CC4)cc3C2=O)C(=O)N1. The van der Waals surface area contributed by atoms with Crippen molar-refractivity contribution < 1.29 is 24.2 Å². The van der Waals surface area contributed by atoms with Crippen LogP contribution in [0.5, 0.6) is 11.5 Å². The van der Waals surface area contributed by atoms with Crippen LogP contribution in [0.1, 0.15) is 74.1 Å². The normalized spacial score (nSPS) is 22.1. The molecule has 51 heavy (non-hydrogen) atoms. The second kappa shape index (κ2) is 13.7. The molecule has 1 aliphatic carbocycles. The molecular formula is C42H42N4O5. The first-order valence-corrected chi connectivity index (χ1v) is 17.9. The Morgan fingerprint density at radius 1 is 0.784 bits per heavy atom. The molecule has 2 fully saturated rings. The van der Waals surface area contributed by atoms with Crippen LogP contribution in [0.25, 0.3) is 0 Å². The fraction of sp³-hybridized carbons (Fsp3) is 0.310. The molecule has 3 amide bonds. The largest absolute Gasteiger partial charge is 0.508 e. The summed E-state index contributed by atoms with van der Waals surface area (Å²) >= 11 is 0. The first-order valence-electron chi connectivity index (χ1n) is 17.9. The number of nitrogens with one attached hydrogen (secondary N) is 1. The number of phenolic OH excluding ortho intramolecular Hbond substituents is 1. The number of aromatic hydroxyl groups is 1. The molecule has 4 aliphatic rings. The van der Waals surface area contributed by atoms with E-state index >= 15 is 0 Å².